The van der Waals surface area contributed by atoms with Crippen LogP contribution in [0.3, 0.4) is 0 Å². The van der Waals surface area contributed by atoms with Crippen LogP contribution in [0, 0.1) is 0 Å². The lowest BCUT2D eigenvalue weighted by atomic mass is 10.1. The van der Waals surface area contributed by atoms with E-state index in [9.17, 15) is 0 Å². The van der Waals surface area contributed by atoms with Gasteiger partial charge in [0.05, 0.1) is 25.3 Å². The van der Waals surface area contributed by atoms with E-state index in [1.54, 1.807) is 25.6 Å². The molecule has 1 aromatic carbocycles. The van der Waals surface area contributed by atoms with E-state index in [-0.39, 0.29) is 6.04 Å². The highest BCUT2D eigenvalue weighted by Crippen LogP contribution is 2.36. The molecule has 0 bridgehead atoms. The van der Waals surface area contributed by atoms with Crippen molar-refractivity contribution in [2.45, 2.75) is 25.9 Å². The van der Waals surface area contributed by atoms with Crippen LogP contribution < -0.4 is 14.8 Å². The summed E-state index contributed by atoms with van der Waals surface area (Å²) in [4.78, 5) is 4.36. The Morgan fingerprint density at radius 1 is 1.33 bits per heavy atom. The molecule has 0 saturated carbocycles. The van der Waals surface area contributed by atoms with Crippen molar-refractivity contribution in [1.82, 2.24) is 10.3 Å². The molecule has 0 aliphatic heterocycles. The van der Waals surface area contributed by atoms with Gasteiger partial charge in [0.2, 0.25) is 0 Å². The number of rotatable bonds is 7. The SMILES string of the molecule is CCC(NCc1cc(Cl)c(OC)c(OC)c1)c1nccs1. The molecule has 0 amide bonds. The molecule has 2 rings (SSSR count). The minimum absolute atomic E-state index is 0.247. The quantitative estimate of drug-likeness (QED) is 0.833. The third-order valence-electron chi connectivity index (χ3n) is 3.20. The third kappa shape index (κ3) is 3.87. The van der Waals surface area contributed by atoms with Crippen molar-refractivity contribution in [1.29, 1.82) is 0 Å². The molecule has 4 nitrogen and oxygen atoms in total. The van der Waals surface area contributed by atoms with Gasteiger partial charge in [-0.3, -0.25) is 0 Å². The van der Waals surface area contributed by atoms with Crippen LogP contribution >= 0.6 is 22.9 Å². The Balaban J connectivity index is 2.11. The Morgan fingerprint density at radius 2 is 2.14 bits per heavy atom. The van der Waals surface area contributed by atoms with Gasteiger partial charge in [-0.25, -0.2) is 4.98 Å². The Morgan fingerprint density at radius 3 is 2.71 bits per heavy atom. The largest absolute Gasteiger partial charge is 0.493 e. The summed E-state index contributed by atoms with van der Waals surface area (Å²) in [7, 11) is 3.19. The van der Waals surface area contributed by atoms with E-state index in [1.165, 1.54) is 0 Å². The average Bonchev–Trinajstić information content (AvgIpc) is 3.01. The summed E-state index contributed by atoms with van der Waals surface area (Å²) in [6.07, 6.45) is 2.81. The maximum Gasteiger partial charge on any atom is 0.179 e. The van der Waals surface area contributed by atoms with E-state index >= 15 is 0 Å². The first-order chi connectivity index (χ1) is 10.2. The molecule has 0 fully saturated rings. The highest BCUT2D eigenvalue weighted by Gasteiger charge is 2.14. The smallest absolute Gasteiger partial charge is 0.179 e. The van der Waals surface area contributed by atoms with E-state index in [2.05, 4.69) is 17.2 Å². The standard InChI is InChI=1S/C15H19ClN2O2S/c1-4-12(15-17-5-6-21-15)18-9-10-7-11(16)14(20-3)13(8-10)19-2/h5-8,12,18H,4,9H2,1-3H3. The van der Waals surface area contributed by atoms with Crippen LogP contribution in [-0.2, 0) is 6.54 Å². The average molecular weight is 327 g/mol. The van der Waals surface area contributed by atoms with Crippen LogP contribution in [0.5, 0.6) is 11.5 Å². The molecule has 1 aromatic heterocycles. The number of benzene rings is 1. The Kier molecular flexibility index (Phi) is 5.85. The fourth-order valence-corrected chi connectivity index (χ4v) is 3.23. The first-order valence-corrected chi connectivity index (χ1v) is 7.98. The van der Waals surface area contributed by atoms with Gasteiger partial charge in [-0.15, -0.1) is 11.3 Å². The van der Waals surface area contributed by atoms with Crippen molar-refractivity contribution in [3.8, 4) is 11.5 Å². The second kappa shape index (κ2) is 7.64. The van der Waals surface area contributed by atoms with Gasteiger partial charge in [-0.05, 0) is 24.1 Å². The van der Waals surface area contributed by atoms with E-state index in [4.69, 9.17) is 21.1 Å². The zero-order valence-corrected chi connectivity index (χ0v) is 13.9. The van der Waals surface area contributed by atoms with E-state index in [0.717, 1.165) is 17.0 Å². The van der Waals surface area contributed by atoms with Gasteiger partial charge in [-0.2, -0.15) is 0 Å². The number of aromatic nitrogens is 1. The first kappa shape index (κ1) is 16.1. The summed E-state index contributed by atoms with van der Waals surface area (Å²) in [5.74, 6) is 1.21. The van der Waals surface area contributed by atoms with E-state index < -0.39 is 0 Å². The monoisotopic (exact) mass is 326 g/mol. The van der Waals surface area contributed by atoms with Gasteiger partial charge in [0.25, 0.3) is 0 Å². The second-order valence-electron chi connectivity index (χ2n) is 4.53. The summed E-state index contributed by atoms with van der Waals surface area (Å²) in [6.45, 7) is 2.83. The molecule has 1 heterocycles. The number of thiazole rings is 1. The highest BCUT2D eigenvalue weighted by molar-refractivity contribution is 7.09. The summed E-state index contributed by atoms with van der Waals surface area (Å²) >= 11 is 7.88. The van der Waals surface area contributed by atoms with Crippen LogP contribution in [0.15, 0.2) is 23.7 Å². The van der Waals surface area contributed by atoms with Gasteiger partial charge < -0.3 is 14.8 Å². The molecule has 1 unspecified atom stereocenters. The lowest BCUT2D eigenvalue weighted by molar-refractivity contribution is 0.354. The molecule has 0 aliphatic carbocycles. The van der Waals surface area contributed by atoms with Crippen LogP contribution in [0.1, 0.15) is 30.0 Å². The zero-order chi connectivity index (χ0) is 15.2. The molecule has 2 aromatic rings. The molecule has 6 heteroatoms. The van der Waals surface area contributed by atoms with Gasteiger partial charge in [-0.1, -0.05) is 18.5 Å². The number of hydrogen-bond donors (Lipinski definition) is 1. The molecule has 1 N–H and O–H groups in total. The molecule has 0 radical (unpaired) electrons. The summed E-state index contributed by atoms with van der Waals surface area (Å²) in [5.41, 5.74) is 1.05. The molecule has 0 aliphatic rings. The maximum atomic E-state index is 6.22. The molecular weight excluding hydrogens is 308 g/mol. The maximum absolute atomic E-state index is 6.22. The molecular formula is C15H19ClN2O2S. The van der Waals surface area contributed by atoms with Crippen molar-refractivity contribution >= 4 is 22.9 Å². The first-order valence-electron chi connectivity index (χ1n) is 6.72. The van der Waals surface area contributed by atoms with Crippen LogP contribution in [0.2, 0.25) is 5.02 Å². The van der Waals surface area contributed by atoms with Crippen molar-refractivity contribution < 1.29 is 9.47 Å². The molecule has 0 saturated heterocycles. The number of halogens is 1. The predicted molar refractivity (Wildman–Crippen MR) is 86.5 cm³/mol. The Labute approximate surface area is 134 Å². The summed E-state index contributed by atoms with van der Waals surface area (Å²) < 4.78 is 10.6. The summed E-state index contributed by atoms with van der Waals surface area (Å²) in [5, 5.41) is 7.14. The number of nitrogens with one attached hydrogen (secondary N) is 1. The number of methoxy groups -OCH3 is 2. The van der Waals surface area contributed by atoms with Crippen LogP contribution in [-0.4, -0.2) is 19.2 Å². The minimum Gasteiger partial charge on any atom is -0.493 e. The lowest BCUT2D eigenvalue weighted by Gasteiger charge is -2.16. The van der Waals surface area contributed by atoms with Crippen molar-refractivity contribution in [3.05, 3.63) is 39.3 Å². The molecule has 114 valence electrons. The predicted octanol–water partition coefficient (Wildman–Crippen LogP) is 4.05. The topological polar surface area (TPSA) is 43.4 Å². The fraction of sp³-hybridized carbons (Fsp3) is 0.400. The highest BCUT2D eigenvalue weighted by atomic mass is 35.5. The Hall–Kier alpha value is -1.30. The third-order valence-corrected chi connectivity index (χ3v) is 4.37. The van der Waals surface area contributed by atoms with Crippen LogP contribution in [0.25, 0.3) is 0 Å². The fourth-order valence-electron chi connectivity index (χ4n) is 2.13. The zero-order valence-electron chi connectivity index (χ0n) is 12.4. The van der Waals surface area contributed by atoms with Gasteiger partial charge in [0.15, 0.2) is 11.5 Å². The minimum atomic E-state index is 0.247. The van der Waals surface area contributed by atoms with Crippen LogP contribution in [0.4, 0.5) is 0 Å². The molecule has 1 atom stereocenters. The number of hydrogen-bond acceptors (Lipinski definition) is 5. The Bertz CT molecular complexity index is 575. The normalized spacial score (nSPS) is 12.2. The number of nitrogens with zero attached hydrogens (tertiary/aromatic N) is 1. The van der Waals surface area contributed by atoms with Crippen molar-refractivity contribution in [2.75, 3.05) is 14.2 Å². The summed E-state index contributed by atoms with van der Waals surface area (Å²) in [6, 6.07) is 4.08. The second-order valence-corrected chi connectivity index (χ2v) is 5.86. The van der Waals surface area contributed by atoms with Gasteiger partial charge >= 0.3 is 0 Å². The van der Waals surface area contributed by atoms with Gasteiger partial charge in [0, 0.05) is 18.1 Å². The number of ether oxygens (including phenoxy) is 2. The molecule has 0 spiro atoms. The lowest BCUT2D eigenvalue weighted by Crippen LogP contribution is -2.20. The van der Waals surface area contributed by atoms with Crippen molar-refractivity contribution in [3.63, 3.8) is 0 Å². The van der Waals surface area contributed by atoms with Gasteiger partial charge in [0.1, 0.15) is 5.01 Å². The van der Waals surface area contributed by atoms with E-state index in [0.29, 0.717) is 23.1 Å². The molecule has 21 heavy (non-hydrogen) atoms. The van der Waals surface area contributed by atoms with Crippen molar-refractivity contribution in [2.24, 2.45) is 0 Å². The van der Waals surface area contributed by atoms with E-state index in [1.807, 2.05) is 23.7 Å².